The molecule has 0 unspecified atom stereocenters. The third kappa shape index (κ3) is 4.77. The fraction of sp³-hybridized carbons (Fsp3) is 0.267. The smallest absolute Gasteiger partial charge is 0.320 e. The molecule has 0 fully saturated rings. The van der Waals surface area contributed by atoms with Gasteiger partial charge >= 0.3 is 6.03 Å². The van der Waals surface area contributed by atoms with Crippen molar-refractivity contribution in [2.45, 2.75) is 13.5 Å². The maximum absolute atomic E-state index is 11.8. The molecule has 0 aliphatic heterocycles. The SMILES string of the molecule is Cc1ccc(NC(=O)NCc2ccccc2OCCO)s1. The zero-order chi connectivity index (χ0) is 15.1. The van der Waals surface area contributed by atoms with Crippen LogP contribution in [0.2, 0.25) is 0 Å². The molecule has 6 heteroatoms. The summed E-state index contributed by atoms with van der Waals surface area (Å²) in [5, 5.41) is 15.2. The number of hydrogen-bond donors (Lipinski definition) is 3. The predicted molar refractivity (Wildman–Crippen MR) is 83.9 cm³/mol. The van der Waals surface area contributed by atoms with E-state index in [9.17, 15) is 4.79 Å². The van der Waals surface area contributed by atoms with Crippen LogP contribution in [-0.2, 0) is 6.54 Å². The molecule has 3 N–H and O–H groups in total. The molecule has 1 aromatic heterocycles. The summed E-state index contributed by atoms with van der Waals surface area (Å²) >= 11 is 1.53. The minimum atomic E-state index is -0.256. The van der Waals surface area contributed by atoms with E-state index in [1.807, 2.05) is 43.3 Å². The van der Waals surface area contributed by atoms with Gasteiger partial charge in [-0.3, -0.25) is 5.32 Å². The number of carbonyl (C=O) groups is 1. The molecule has 112 valence electrons. The van der Waals surface area contributed by atoms with E-state index in [1.54, 1.807) is 0 Å². The van der Waals surface area contributed by atoms with Crippen molar-refractivity contribution in [3.8, 4) is 5.75 Å². The molecular formula is C15H18N2O3S. The van der Waals surface area contributed by atoms with Gasteiger partial charge in [-0.25, -0.2) is 4.79 Å². The van der Waals surface area contributed by atoms with Gasteiger partial charge in [0, 0.05) is 17.0 Å². The van der Waals surface area contributed by atoms with Crippen LogP contribution in [0.4, 0.5) is 9.80 Å². The highest BCUT2D eigenvalue weighted by atomic mass is 32.1. The molecule has 0 saturated heterocycles. The van der Waals surface area contributed by atoms with Gasteiger partial charge in [-0.15, -0.1) is 11.3 Å². The Labute approximate surface area is 127 Å². The fourth-order valence-electron chi connectivity index (χ4n) is 1.78. The summed E-state index contributed by atoms with van der Waals surface area (Å²) in [4.78, 5) is 13.0. The molecule has 0 spiro atoms. The monoisotopic (exact) mass is 306 g/mol. The van der Waals surface area contributed by atoms with Gasteiger partial charge in [-0.05, 0) is 25.1 Å². The van der Waals surface area contributed by atoms with Gasteiger partial charge < -0.3 is 15.2 Å². The quantitative estimate of drug-likeness (QED) is 0.768. The molecule has 0 saturated carbocycles. The average Bonchev–Trinajstić information content (AvgIpc) is 2.89. The number of para-hydroxylation sites is 1. The molecule has 2 amide bonds. The second-order valence-corrected chi connectivity index (χ2v) is 5.69. The van der Waals surface area contributed by atoms with Crippen LogP contribution in [-0.4, -0.2) is 24.4 Å². The van der Waals surface area contributed by atoms with Crippen molar-refractivity contribution in [1.29, 1.82) is 0 Å². The van der Waals surface area contributed by atoms with Gasteiger partial charge in [0.25, 0.3) is 0 Å². The molecule has 0 aliphatic carbocycles. The lowest BCUT2D eigenvalue weighted by molar-refractivity contribution is 0.200. The summed E-state index contributed by atoms with van der Waals surface area (Å²) in [5.41, 5.74) is 0.864. The number of benzene rings is 1. The van der Waals surface area contributed by atoms with E-state index >= 15 is 0 Å². The zero-order valence-corrected chi connectivity index (χ0v) is 12.6. The molecule has 0 atom stereocenters. The van der Waals surface area contributed by atoms with E-state index in [-0.39, 0.29) is 19.2 Å². The van der Waals surface area contributed by atoms with E-state index in [0.717, 1.165) is 15.4 Å². The summed E-state index contributed by atoms with van der Waals surface area (Å²) in [6.07, 6.45) is 0. The van der Waals surface area contributed by atoms with Crippen LogP contribution in [0.1, 0.15) is 10.4 Å². The average molecular weight is 306 g/mol. The van der Waals surface area contributed by atoms with Crippen molar-refractivity contribution in [1.82, 2.24) is 5.32 Å². The Morgan fingerprint density at radius 3 is 2.81 bits per heavy atom. The number of urea groups is 1. The Hall–Kier alpha value is -2.05. The molecule has 0 bridgehead atoms. The molecule has 0 aliphatic rings. The first kappa shape index (κ1) is 15.3. The van der Waals surface area contributed by atoms with Gasteiger partial charge in [-0.2, -0.15) is 0 Å². The highest BCUT2D eigenvalue weighted by Crippen LogP contribution is 2.21. The number of aliphatic hydroxyl groups is 1. The van der Waals surface area contributed by atoms with E-state index in [2.05, 4.69) is 10.6 Å². The summed E-state index contributed by atoms with van der Waals surface area (Å²) in [5.74, 6) is 0.666. The Kier molecular flexibility index (Phi) is 5.59. The number of ether oxygens (including phenoxy) is 1. The number of nitrogens with one attached hydrogen (secondary N) is 2. The highest BCUT2D eigenvalue weighted by molar-refractivity contribution is 7.16. The summed E-state index contributed by atoms with van der Waals surface area (Å²) in [7, 11) is 0. The predicted octanol–water partition coefficient (Wildman–Crippen LogP) is 2.75. The van der Waals surface area contributed by atoms with Crippen LogP contribution in [0.3, 0.4) is 0 Å². The van der Waals surface area contributed by atoms with Crippen LogP contribution in [0.25, 0.3) is 0 Å². The zero-order valence-electron chi connectivity index (χ0n) is 11.8. The van der Waals surface area contributed by atoms with Gasteiger partial charge in [0.1, 0.15) is 12.4 Å². The Balaban J connectivity index is 1.88. The largest absolute Gasteiger partial charge is 0.491 e. The Morgan fingerprint density at radius 1 is 1.29 bits per heavy atom. The van der Waals surface area contributed by atoms with Crippen LogP contribution < -0.4 is 15.4 Å². The number of thiophene rings is 1. The maximum Gasteiger partial charge on any atom is 0.320 e. The minimum absolute atomic E-state index is 0.0417. The molecular weight excluding hydrogens is 288 g/mol. The van der Waals surface area contributed by atoms with Crippen LogP contribution in [0.15, 0.2) is 36.4 Å². The van der Waals surface area contributed by atoms with Crippen molar-refractivity contribution in [3.63, 3.8) is 0 Å². The van der Waals surface area contributed by atoms with Crippen molar-refractivity contribution >= 4 is 22.4 Å². The van der Waals surface area contributed by atoms with Crippen LogP contribution in [0, 0.1) is 6.92 Å². The highest BCUT2D eigenvalue weighted by Gasteiger charge is 2.06. The number of aryl methyl sites for hydroxylation is 1. The second kappa shape index (κ2) is 7.66. The fourth-order valence-corrected chi connectivity index (χ4v) is 2.54. The maximum atomic E-state index is 11.8. The van der Waals surface area contributed by atoms with E-state index < -0.39 is 0 Å². The molecule has 1 heterocycles. The third-order valence-electron chi connectivity index (χ3n) is 2.74. The summed E-state index contributed by atoms with van der Waals surface area (Å²) in [6.45, 7) is 2.54. The number of hydrogen-bond acceptors (Lipinski definition) is 4. The topological polar surface area (TPSA) is 70.6 Å². The van der Waals surface area contributed by atoms with Crippen LogP contribution in [0.5, 0.6) is 5.75 Å². The first-order valence-electron chi connectivity index (χ1n) is 6.62. The lowest BCUT2D eigenvalue weighted by Gasteiger charge is -2.11. The number of aliphatic hydroxyl groups excluding tert-OH is 1. The lowest BCUT2D eigenvalue weighted by atomic mass is 10.2. The normalized spacial score (nSPS) is 10.2. The minimum Gasteiger partial charge on any atom is -0.491 e. The molecule has 1 aromatic carbocycles. The molecule has 2 aromatic rings. The number of carbonyl (C=O) groups excluding carboxylic acids is 1. The molecule has 0 radical (unpaired) electrons. The number of rotatable bonds is 6. The molecule has 5 nitrogen and oxygen atoms in total. The third-order valence-corrected chi connectivity index (χ3v) is 3.65. The number of anilines is 1. The van der Waals surface area contributed by atoms with E-state index in [1.165, 1.54) is 11.3 Å². The van der Waals surface area contributed by atoms with Gasteiger partial charge in [0.15, 0.2) is 0 Å². The van der Waals surface area contributed by atoms with Crippen molar-refractivity contribution in [2.75, 3.05) is 18.5 Å². The van der Waals surface area contributed by atoms with Crippen molar-refractivity contribution in [3.05, 3.63) is 46.8 Å². The van der Waals surface area contributed by atoms with E-state index in [0.29, 0.717) is 12.3 Å². The summed E-state index contributed by atoms with van der Waals surface area (Å²) < 4.78 is 5.42. The van der Waals surface area contributed by atoms with Crippen molar-refractivity contribution in [2.24, 2.45) is 0 Å². The van der Waals surface area contributed by atoms with Crippen molar-refractivity contribution < 1.29 is 14.6 Å². The first-order valence-corrected chi connectivity index (χ1v) is 7.43. The van der Waals surface area contributed by atoms with Gasteiger partial charge in [0.05, 0.1) is 11.6 Å². The second-order valence-electron chi connectivity index (χ2n) is 4.40. The molecule has 2 rings (SSSR count). The number of amides is 2. The Morgan fingerprint density at radius 2 is 2.10 bits per heavy atom. The standard InChI is InChI=1S/C15H18N2O3S/c1-11-6-7-14(21-11)17-15(19)16-10-12-4-2-3-5-13(12)20-9-8-18/h2-7,18H,8-10H2,1H3,(H2,16,17,19). The van der Waals surface area contributed by atoms with Crippen LogP contribution >= 0.6 is 11.3 Å². The summed E-state index contributed by atoms with van der Waals surface area (Å²) in [6, 6.07) is 11.0. The lowest BCUT2D eigenvalue weighted by Crippen LogP contribution is -2.28. The Bertz CT molecular complexity index is 598. The van der Waals surface area contributed by atoms with E-state index in [4.69, 9.17) is 9.84 Å². The van der Waals surface area contributed by atoms with Gasteiger partial charge in [-0.1, -0.05) is 18.2 Å². The van der Waals surface area contributed by atoms with Gasteiger partial charge in [0.2, 0.25) is 0 Å². The first-order chi connectivity index (χ1) is 10.2. The molecule has 21 heavy (non-hydrogen) atoms.